The third-order valence-corrected chi connectivity index (χ3v) is 2.46. The molecule has 5 heteroatoms. The fourth-order valence-electron chi connectivity index (χ4n) is 1.69. The molecule has 0 bridgehead atoms. The van der Waals surface area contributed by atoms with Gasteiger partial charge in [-0.05, 0) is 12.1 Å². The number of hydrogen-bond acceptors (Lipinski definition) is 4. The largest absolute Gasteiger partial charge is 0.423 e. The molecule has 0 aliphatic heterocycles. The van der Waals surface area contributed by atoms with Crippen LogP contribution in [0.4, 0.5) is 5.69 Å². The van der Waals surface area contributed by atoms with Gasteiger partial charge in [-0.2, -0.15) is 0 Å². The van der Waals surface area contributed by atoms with Crippen molar-refractivity contribution < 1.29 is 9.21 Å². The maximum absolute atomic E-state index is 11.4. The first-order chi connectivity index (χ1) is 8.66. The van der Waals surface area contributed by atoms with Crippen LogP contribution in [-0.4, -0.2) is 19.0 Å². The Bertz CT molecular complexity index is 619. The standard InChI is InChI=1S/C13H14N2O3/c1-9(16)14-6-7-15-11-8-13(17)18-12-5-3-2-4-10(11)12/h2-5,8,15H,6-7H2,1H3,(H,14,16). The Kier molecular flexibility index (Phi) is 3.62. The van der Waals surface area contributed by atoms with Crippen LogP contribution in [-0.2, 0) is 4.79 Å². The lowest BCUT2D eigenvalue weighted by Crippen LogP contribution is -2.26. The average molecular weight is 246 g/mol. The number of benzene rings is 1. The molecular weight excluding hydrogens is 232 g/mol. The number of amides is 1. The SMILES string of the molecule is CC(=O)NCCNc1cc(=O)oc2ccccc12. The summed E-state index contributed by atoms with van der Waals surface area (Å²) in [4.78, 5) is 22.1. The molecule has 0 aliphatic rings. The van der Waals surface area contributed by atoms with E-state index in [1.165, 1.54) is 13.0 Å². The van der Waals surface area contributed by atoms with Crippen LogP contribution in [0, 0.1) is 0 Å². The van der Waals surface area contributed by atoms with Crippen molar-refractivity contribution in [3.8, 4) is 0 Å². The maximum Gasteiger partial charge on any atom is 0.338 e. The molecule has 18 heavy (non-hydrogen) atoms. The van der Waals surface area contributed by atoms with Crippen molar-refractivity contribution in [2.45, 2.75) is 6.92 Å². The second-order valence-electron chi connectivity index (χ2n) is 3.89. The Morgan fingerprint density at radius 3 is 2.83 bits per heavy atom. The van der Waals surface area contributed by atoms with Crippen molar-refractivity contribution in [3.05, 3.63) is 40.8 Å². The van der Waals surface area contributed by atoms with E-state index < -0.39 is 5.63 Å². The minimum absolute atomic E-state index is 0.0748. The molecule has 94 valence electrons. The van der Waals surface area contributed by atoms with Crippen molar-refractivity contribution >= 4 is 22.6 Å². The number of fused-ring (bicyclic) bond motifs is 1. The molecule has 2 rings (SSSR count). The van der Waals surface area contributed by atoms with Crippen LogP contribution < -0.4 is 16.3 Å². The van der Waals surface area contributed by atoms with Crippen LogP contribution in [0.15, 0.2) is 39.5 Å². The Balaban J connectivity index is 2.17. The highest BCUT2D eigenvalue weighted by molar-refractivity contribution is 5.89. The zero-order chi connectivity index (χ0) is 13.0. The van der Waals surface area contributed by atoms with Gasteiger partial charge in [0.15, 0.2) is 0 Å². The summed E-state index contributed by atoms with van der Waals surface area (Å²) >= 11 is 0. The third kappa shape index (κ3) is 2.88. The van der Waals surface area contributed by atoms with Crippen LogP contribution in [0.2, 0.25) is 0 Å². The summed E-state index contributed by atoms with van der Waals surface area (Å²) in [5, 5.41) is 6.63. The van der Waals surface area contributed by atoms with Crippen LogP contribution >= 0.6 is 0 Å². The van der Waals surface area contributed by atoms with Crippen molar-refractivity contribution in [2.24, 2.45) is 0 Å². The molecule has 2 N–H and O–H groups in total. The van der Waals surface area contributed by atoms with Crippen molar-refractivity contribution in [1.82, 2.24) is 5.32 Å². The first-order valence-electron chi connectivity index (χ1n) is 5.68. The first kappa shape index (κ1) is 12.2. The first-order valence-corrected chi connectivity index (χ1v) is 5.68. The molecule has 1 heterocycles. The number of para-hydroxylation sites is 1. The van der Waals surface area contributed by atoms with E-state index in [2.05, 4.69) is 10.6 Å². The van der Waals surface area contributed by atoms with E-state index in [-0.39, 0.29) is 5.91 Å². The second-order valence-corrected chi connectivity index (χ2v) is 3.89. The molecule has 0 fully saturated rings. The van der Waals surface area contributed by atoms with Crippen LogP contribution in [0.5, 0.6) is 0 Å². The summed E-state index contributed by atoms with van der Waals surface area (Å²) in [6.07, 6.45) is 0. The Morgan fingerprint density at radius 1 is 1.28 bits per heavy atom. The molecule has 0 radical (unpaired) electrons. The van der Waals surface area contributed by atoms with Gasteiger partial charge in [-0.1, -0.05) is 12.1 Å². The van der Waals surface area contributed by atoms with Gasteiger partial charge in [0.1, 0.15) is 5.58 Å². The van der Waals surface area contributed by atoms with E-state index in [1.54, 1.807) is 6.07 Å². The molecule has 1 aromatic heterocycles. The van der Waals surface area contributed by atoms with E-state index >= 15 is 0 Å². The van der Waals surface area contributed by atoms with Crippen LogP contribution in [0.25, 0.3) is 11.0 Å². The summed E-state index contributed by atoms with van der Waals surface area (Å²) in [7, 11) is 0. The highest BCUT2D eigenvalue weighted by Gasteiger charge is 2.03. The van der Waals surface area contributed by atoms with Gasteiger partial charge >= 0.3 is 5.63 Å². The third-order valence-electron chi connectivity index (χ3n) is 2.46. The number of hydrogen-bond donors (Lipinski definition) is 2. The smallest absolute Gasteiger partial charge is 0.338 e. The Morgan fingerprint density at radius 2 is 2.06 bits per heavy atom. The van der Waals surface area contributed by atoms with Gasteiger partial charge in [0.25, 0.3) is 0 Å². The summed E-state index contributed by atoms with van der Waals surface area (Å²) < 4.78 is 5.08. The monoisotopic (exact) mass is 246 g/mol. The highest BCUT2D eigenvalue weighted by Crippen LogP contribution is 2.20. The quantitative estimate of drug-likeness (QED) is 0.631. The van der Waals surface area contributed by atoms with Gasteiger partial charge in [0.05, 0.1) is 5.69 Å². The molecule has 2 aromatic rings. The predicted octanol–water partition coefficient (Wildman–Crippen LogP) is 1.34. The van der Waals surface area contributed by atoms with Crippen molar-refractivity contribution in [2.75, 3.05) is 18.4 Å². The predicted molar refractivity (Wildman–Crippen MR) is 69.7 cm³/mol. The number of carbonyl (C=O) groups is 1. The van der Waals surface area contributed by atoms with E-state index in [0.717, 1.165) is 5.39 Å². The molecule has 0 saturated carbocycles. The molecule has 0 spiro atoms. The lowest BCUT2D eigenvalue weighted by molar-refractivity contribution is -0.118. The molecule has 0 atom stereocenters. The number of anilines is 1. The van der Waals surface area contributed by atoms with Crippen molar-refractivity contribution in [3.63, 3.8) is 0 Å². The van der Waals surface area contributed by atoms with Crippen LogP contribution in [0.1, 0.15) is 6.92 Å². The number of rotatable bonds is 4. The van der Waals surface area contributed by atoms with Gasteiger partial charge in [-0.15, -0.1) is 0 Å². The van der Waals surface area contributed by atoms with Gasteiger partial charge in [-0.25, -0.2) is 4.79 Å². The van der Waals surface area contributed by atoms with Gasteiger partial charge < -0.3 is 15.1 Å². The summed E-state index contributed by atoms with van der Waals surface area (Å²) in [6.45, 7) is 2.52. The zero-order valence-electron chi connectivity index (χ0n) is 10.0. The lowest BCUT2D eigenvalue weighted by atomic mass is 10.2. The minimum Gasteiger partial charge on any atom is -0.423 e. The summed E-state index contributed by atoms with van der Waals surface area (Å²) in [5.41, 5.74) is 0.870. The normalized spacial score (nSPS) is 10.3. The molecular formula is C13H14N2O3. The van der Waals surface area contributed by atoms with E-state index in [9.17, 15) is 9.59 Å². The Labute approximate surface area is 104 Å². The zero-order valence-corrected chi connectivity index (χ0v) is 10.0. The number of nitrogens with one attached hydrogen (secondary N) is 2. The van der Waals surface area contributed by atoms with Crippen LogP contribution in [0.3, 0.4) is 0 Å². The molecule has 0 unspecified atom stereocenters. The molecule has 1 aromatic carbocycles. The summed E-state index contributed by atoms with van der Waals surface area (Å²) in [5.74, 6) is -0.0748. The molecule has 0 saturated heterocycles. The van der Waals surface area contributed by atoms with Gasteiger partial charge in [0.2, 0.25) is 5.91 Å². The van der Waals surface area contributed by atoms with E-state index in [0.29, 0.717) is 24.4 Å². The average Bonchev–Trinajstić information content (AvgIpc) is 2.34. The molecule has 5 nitrogen and oxygen atoms in total. The second kappa shape index (κ2) is 5.35. The van der Waals surface area contributed by atoms with Gasteiger partial charge in [0, 0.05) is 31.5 Å². The fraction of sp³-hybridized carbons (Fsp3) is 0.231. The maximum atomic E-state index is 11.4. The number of carbonyl (C=O) groups excluding carboxylic acids is 1. The Hall–Kier alpha value is -2.30. The topological polar surface area (TPSA) is 71.3 Å². The minimum atomic E-state index is -0.393. The van der Waals surface area contributed by atoms with Crippen molar-refractivity contribution in [1.29, 1.82) is 0 Å². The summed E-state index contributed by atoms with van der Waals surface area (Å²) in [6, 6.07) is 8.72. The molecule has 0 aliphatic carbocycles. The molecule has 1 amide bonds. The van der Waals surface area contributed by atoms with Gasteiger partial charge in [-0.3, -0.25) is 4.79 Å². The fourth-order valence-corrected chi connectivity index (χ4v) is 1.69. The highest BCUT2D eigenvalue weighted by atomic mass is 16.4. The van der Waals surface area contributed by atoms with E-state index in [1.807, 2.05) is 18.2 Å². The van der Waals surface area contributed by atoms with E-state index in [4.69, 9.17) is 4.42 Å². The lowest BCUT2D eigenvalue weighted by Gasteiger charge is -2.08.